The Labute approximate surface area is 124 Å². The average Bonchev–Trinajstić information content (AvgIpc) is 2.39. The van der Waals surface area contributed by atoms with E-state index in [-0.39, 0.29) is 11.7 Å². The molecule has 1 N–H and O–H groups in total. The SMILES string of the molecule is C[C@H](O)c1cc(Cl)ccc1OC1CCOC2(CCC2)C1. The van der Waals surface area contributed by atoms with E-state index in [0.29, 0.717) is 5.02 Å². The highest BCUT2D eigenvalue weighted by Crippen LogP contribution is 2.43. The Morgan fingerprint density at radius 1 is 1.45 bits per heavy atom. The summed E-state index contributed by atoms with van der Waals surface area (Å²) in [6.07, 6.45) is 5.00. The number of hydrogen-bond acceptors (Lipinski definition) is 3. The third-order valence-electron chi connectivity index (χ3n) is 4.43. The summed E-state index contributed by atoms with van der Waals surface area (Å²) in [6, 6.07) is 5.44. The molecule has 1 aromatic rings. The van der Waals surface area contributed by atoms with Crippen LogP contribution in [0.5, 0.6) is 5.75 Å². The van der Waals surface area contributed by atoms with E-state index in [2.05, 4.69) is 0 Å². The maximum absolute atomic E-state index is 9.86. The molecular formula is C16H21ClO3. The molecule has 2 fully saturated rings. The molecule has 1 aliphatic carbocycles. The van der Waals surface area contributed by atoms with Gasteiger partial charge < -0.3 is 14.6 Å². The molecule has 0 bridgehead atoms. The number of hydrogen-bond donors (Lipinski definition) is 1. The van der Waals surface area contributed by atoms with E-state index in [1.807, 2.05) is 6.07 Å². The predicted molar refractivity (Wildman–Crippen MR) is 78.3 cm³/mol. The van der Waals surface area contributed by atoms with E-state index in [1.165, 1.54) is 6.42 Å². The minimum atomic E-state index is -0.582. The van der Waals surface area contributed by atoms with E-state index in [0.717, 1.165) is 43.6 Å². The average molecular weight is 297 g/mol. The van der Waals surface area contributed by atoms with Crippen LogP contribution >= 0.6 is 11.6 Å². The van der Waals surface area contributed by atoms with Gasteiger partial charge in [0.1, 0.15) is 11.9 Å². The number of benzene rings is 1. The largest absolute Gasteiger partial charge is 0.490 e. The van der Waals surface area contributed by atoms with Crippen molar-refractivity contribution in [1.29, 1.82) is 0 Å². The fraction of sp³-hybridized carbons (Fsp3) is 0.625. The Hall–Kier alpha value is -0.770. The summed E-state index contributed by atoms with van der Waals surface area (Å²) in [5.41, 5.74) is 0.826. The maximum Gasteiger partial charge on any atom is 0.125 e. The van der Waals surface area contributed by atoms with Crippen molar-refractivity contribution in [3.8, 4) is 5.75 Å². The normalized spacial score (nSPS) is 26.1. The highest BCUT2D eigenvalue weighted by atomic mass is 35.5. The lowest BCUT2D eigenvalue weighted by molar-refractivity contribution is -0.153. The first-order chi connectivity index (χ1) is 9.58. The Morgan fingerprint density at radius 2 is 2.25 bits per heavy atom. The number of halogens is 1. The van der Waals surface area contributed by atoms with Crippen LogP contribution < -0.4 is 4.74 Å². The van der Waals surface area contributed by atoms with E-state index in [4.69, 9.17) is 21.1 Å². The maximum atomic E-state index is 9.86. The Bertz CT molecular complexity index is 483. The van der Waals surface area contributed by atoms with Crippen LogP contribution in [-0.2, 0) is 4.74 Å². The zero-order valence-corrected chi connectivity index (χ0v) is 12.5. The Morgan fingerprint density at radius 3 is 2.90 bits per heavy atom. The lowest BCUT2D eigenvalue weighted by Gasteiger charge is -2.47. The lowest BCUT2D eigenvalue weighted by atomic mass is 9.74. The van der Waals surface area contributed by atoms with Crippen LogP contribution in [0.1, 0.15) is 50.7 Å². The van der Waals surface area contributed by atoms with Crippen molar-refractivity contribution in [1.82, 2.24) is 0 Å². The van der Waals surface area contributed by atoms with Gasteiger partial charge in [0.05, 0.1) is 18.3 Å². The van der Waals surface area contributed by atoms with Gasteiger partial charge in [-0.2, -0.15) is 0 Å². The van der Waals surface area contributed by atoms with Crippen LogP contribution in [0.25, 0.3) is 0 Å². The smallest absolute Gasteiger partial charge is 0.125 e. The molecule has 3 nitrogen and oxygen atoms in total. The molecule has 20 heavy (non-hydrogen) atoms. The van der Waals surface area contributed by atoms with E-state index >= 15 is 0 Å². The van der Waals surface area contributed by atoms with Gasteiger partial charge in [-0.3, -0.25) is 0 Å². The molecule has 2 atom stereocenters. The monoisotopic (exact) mass is 296 g/mol. The topological polar surface area (TPSA) is 38.7 Å². The summed E-state index contributed by atoms with van der Waals surface area (Å²) in [5, 5.41) is 10.5. The molecule has 0 aromatic heterocycles. The predicted octanol–water partition coefficient (Wildman–Crippen LogP) is 3.87. The van der Waals surface area contributed by atoms with Crippen molar-refractivity contribution in [2.45, 2.75) is 56.8 Å². The van der Waals surface area contributed by atoms with Crippen LogP contribution in [0.15, 0.2) is 18.2 Å². The Kier molecular flexibility index (Phi) is 3.93. The highest BCUT2D eigenvalue weighted by Gasteiger charge is 2.43. The van der Waals surface area contributed by atoms with Gasteiger partial charge in [0.2, 0.25) is 0 Å². The second kappa shape index (κ2) is 5.55. The number of rotatable bonds is 3. The fourth-order valence-corrected chi connectivity index (χ4v) is 3.32. The second-order valence-electron chi connectivity index (χ2n) is 5.98. The summed E-state index contributed by atoms with van der Waals surface area (Å²) < 4.78 is 12.1. The number of ether oxygens (including phenoxy) is 2. The number of aliphatic hydroxyl groups is 1. The zero-order valence-electron chi connectivity index (χ0n) is 11.8. The van der Waals surface area contributed by atoms with Gasteiger partial charge in [-0.1, -0.05) is 11.6 Å². The van der Waals surface area contributed by atoms with Crippen LogP contribution in [0.2, 0.25) is 5.02 Å². The second-order valence-corrected chi connectivity index (χ2v) is 6.41. The molecule has 0 radical (unpaired) electrons. The van der Waals surface area contributed by atoms with Crippen LogP contribution in [0.4, 0.5) is 0 Å². The van der Waals surface area contributed by atoms with Gasteiger partial charge in [-0.25, -0.2) is 0 Å². The Balaban J connectivity index is 1.74. The molecule has 4 heteroatoms. The van der Waals surface area contributed by atoms with Gasteiger partial charge in [-0.15, -0.1) is 0 Å². The summed E-state index contributed by atoms with van der Waals surface area (Å²) in [4.78, 5) is 0. The van der Waals surface area contributed by atoms with E-state index in [9.17, 15) is 5.11 Å². The summed E-state index contributed by atoms with van der Waals surface area (Å²) in [6.45, 7) is 2.50. The van der Waals surface area contributed by atoms with Crippen molar-refractivity contribution in [2.75, 3.05) is 6.61 Å². The molecule has 3 rings (SSSR count). The van der Waals surface area contributed by atoms with Crippen LogP contribution in [0.3, 0.4) is 0 Å². The quantitative estimate of drug-likeness (QED) is 0.920. The van der Waals surface area contributed by atoms with E-state index in [1.54, 1.807) is 19.1 Å². The molecule has 1 unspecified atom stereocenters. The van der Waals surface area contributed by atoms with Gasteiger partial charge in [0.15, 0.2) is 0 Å². The summed E-state index contributed by atoms with van der Waals surface area (Å²) in [5.74, 6) is 0.741. The molecule has 110 valence electrons. The van der Waals surface area contributed by atoms with Gasteiger partial charge in [-0.05, 0) is 44.4 Å². The van der Waals surface area contributed by atoms with Gasteiger partial charge in [0.25, 0.3) is 0 Å². The van der Waals surface area contributed by atoms with Gasteiger partial charge in [0, 0.05) is 23.4 Å². The molecule has 1 saturated carbocycles. The van der Waals surface area contributed by atoms with Crippen molar-refractivity contribution < 1.29 is 14.6 Å². The van der Waals surface area contributed by atoms with Gasteiger partial charge >= 0.3 is 0 Å². The van der Waals surface area contributed by atoms with Crippen LogP contribution in [-0.4, -0.2) is 23.4 Å². The van der Waals surface area contributed by atoms with Crippen molar-refractivity contribution in [3.05, 3.63) is 28.8 Å². The van der Waals surface area contributed by atoms with Crippen LogP contribution in [0, 0.1) is 0 Å². The molecule has 1 saturated heterocycles. The summed E-state index contributed by atoms with van der Waals surface area (Å²) in [7, 11) is 0. The molecule has 1 aromatic carbocycles. The highest BCUT2D eigenvalue weighted by molar-refractivity contribution is 6.30. The molecular weight excluding hydrogens is 276 g/mol. The first kappa shape index (κ1) is 14.2. The summed E-state index contributed by atoms with van der Waals surface area (Å²) >= 11 is 5.99. The molecule has 1 aliphatic heterocycles. The first-order valence-corrected chi connectivity index (χ1v) is 7.74. The van der Waals surface area contributed by atoms with Crippen molar-refractivity contribution in [2.24, 2.45) is 0 Å². The van der Waals surface area contributed by atoms with E-state index < -0.39 is 6.10 Å². The number of aliphatic hydroxyl groups excluding tert-OH is 1. The lowest BCUT2D eigenvalue weighted by Crippen LogP contribution is -2.48. The minimum Gasteiger partial charge on any atom is -0.490 e. The zero-order chi connectivity index (χ0) is 14.2. The van der Waals surface area contributed by atoms with Crippen molar-refractivity contribution >= 4 is 11.6 Å². The molecule has 0 amide bonds. The molecule has 1 heterocycles. The van der Waals surface area contributed by atoms with Crippen molar-refractivity contribution in [3.63, 3.8) is 0 Å². The first-order valence-electron chi connectivity index (χ1n) is 7.36. The molecule has 2 aliphatic rings. The molecule has 1 spiro atoms. The third-order valence-corrected chi connectivity index (χ3v) is 4.66. The third kappa shape index (κ3) is 2.80. The standard InChI is InChI=1S/C16H21ClO3/c1-11(18)14-9-12(17)3-4-15(14)20-13-5-8-19-16(10-13)6-2-7-16/h3-4,9,11,13,18H,2,5-8,10H2,1H3/t11-,13?/m0/s1. The minimum absolute atomic E-state index is 0.0698. The fourth-order valence-electron chi connectivity index (χ4n) is 3.14.